The molecule has 3 rings (SSSR count). The average molecular weight is 289 g/mol. The van der Waals surface area contributed by atoms with E-state index in [-0.39, 0.29) is 0 Å². The van der Waals surface area contributed by atoms with Gasteiger partial charge in [-0.05, 0) is 25.3 Å². The van der Waals surface area contributed by atoms with E-state index in [4.69, 9.17) is 15.2 Å². The maximum absolute atomic E-state index is 6.00. The van der Waals surface area contributed by atoms with Crippen LogP contribution in [0, 0.1) is 5.92 Å². The van der Waals surface area contributed by atoms with Crippen LogP contribution in [0.2, 0.25) is 0 Å². The number of guanidine groups is 1. The molecule has 21 heavy (non-hydrogen) atoms. The van der Waals surface area contributed by atoms with Crippen LogP contribution in [0.5, 0.6) is 5.75 Å². The number of nitrogens with one attached hydrogen (secondary N) is 1. The standard InChI is InChI=1S/C16H23N3O2/c1-20-14-7-3-2-5-11(14)10-18-16(17)19-13-9-15-12(13)6-4-8-21-15/h2-3,5,7,12-13,15H,4,6,8-10H2,1H3,(H3,17,18,19). The van der Waals surface area contributed by atoms with Gasteiger partial charge in [-0.3, -0.25) is 0 Å². The third-order valence-electron chi connectivity index (χ3n) is 4.44. The Morgan fingerprint density at radius 3 is 3.14 bits per heavy atom. The molecular formula is C16H23N3O2. The second-order valence-electron chi connectivity index (χ2n) is 5.72. The molecule has 1 aromatic carbocycles. The van der Waals surface area contributed by atoms with Crippen LogP contribution in [-0.2, 0) is 11.3 Å². The van der Waals surface area contributed by atoms with Gasteiger partial charge < -0.3 is 20.5 Å². The first-order chi connectivity index (χ1) is 10.3. The number of benzene rings is 1. The molecule has 5 nitrogen and oxygen atoms in total. The van der Waals surface area contributed by atoms with Gasteiger partial charge in [0.1, 0.15) is 5.75 Å². The highest BCUT2D eigenvalue weighted by atomic mass is 16.5. The lowest BCUT2D eigenvalue weighted by atomic mass is 9.72. The summed E-state index contributed by atoms with van der Waals surface area (Å²) in [6, 6.07) is 8.28. The molecule has 1 aliphatic carbocycles. The highest BCUT2D eigenvalue weighted by molar-refractivity contribution is 5.78. The Bertz CT molecular complexity index is 518. The van der Waals surface area contributed by atoms with E-state index in [9.17, 15) is 0 Å². The molecule has 2 aliphatic rings. The Morgan fingerprint density at radius 2 is 2.33 bits per heavy atom. The van der Waals surface area contributed by atoms with E-state index in [0.717, 1.165) is 30.8 Å². The van der Waals surface area contributed by atoms with Crippen LogP contribution >= 0.6 is 0 Å². The monoisotopic (exact) mass is 289 g/mol. The molecule has 0 bridgehead atoms. The number of hydrogen-bond donors (Lipinski definition) is 2. The molecule has 0 amide bonds. The summed E-state index contributed by atoms with van der Waals surface area (Å²) in [6.45, 7) is 1.44. The van der Waals surface area contributed by atoms with Gasteiger partial charge in [-0.25, -0.2) is 4.99 Å². The Balaban J connectivity index is 1.54. The molecule has 0 radical (unpaired) electrons. The van der Waals surface area contributed by atoms with Crippen molar-refractivity contribution in [3.8, 4) is 5.75 Å². The predicted molar refractivity (Wildman–Crippen MR) is 82.3 cm³/mol. The minimum absolute atomic E-state index is 0.414. The molecule has 1 saturated carbocycles. The lowest BCUT2D eigenvalue weighted by molar-refractivity contribution is -0.0989. The Hall–Kier alpha value is -1.75. The molecule has 1 aromatic rings. The van der Waals surface area contributed by atoms with Crippen LogP contribution in [0.1, 0.15) is 24.8 Å². The van der Waals surface area contributed by atoms with Gasteiger partial charge in [0.25, 0.3) is 0 Å². The topological polar surface area (TPSA) is 68.9 Å². The quantitative estimate of drug-likeness (QED) is 0.653. The van der Waals surface area contributed by atoms with Gasteiger partial charge in [0.15, 0.2) is 5.96 Å². The zero-order valence-corrected chi connectivity index (χ0v) is 12.4. The lowest BCUT2D eigenvalue weighted by Gasteiger charge is -2.47. The highest BCUT2D eigenvalue weighted by Gasteiger charge is 2.43. The number of nitrogens with zero attached hydrogens (tertiary/aromatic N) is 1. The summed E-state index contributed by atoms with van der Waals surface area (Å²) < 4.78 is 11.0. The molecule has 3 N–H and O–H groups in total. The number of aliphatic imine (C=N–C) groups is 1. The van der Waals surface area contributed by atoms with E-state index >= 15 is 0 Å². The van der Waals surface area contributed by atoms with E-state index < -0.39 is 0 Å². The minimum atomic E-state index is 0.414. The summed E-state index contributed by atoms with van der Waals surface area (Å²) in [7, 11) is 1.67. The van der Waals surface area contributed by atoms with Gasteiger partial charge in [-0.1, -0.05) is 18.2 Å². The van der Waals surface area contributed by atoms with E-state index in [0.29, 0.717) is 30.6 Å². The van der Waals surface area contributed by atoms with E-state index in [1.165, 1.54) is 6.42 Å². The molecule has 5 heteroatoms. The number of ether oxygens (including phenoxy) is 2. The summed E-state index contributed by atoms with van der Waals surface area (Å²) in [5.74, 6) is 1.95. The molecule has 114 valence electrons. The molecule has 3 unspecified atom stereocenters. The highest BCUT2D eigenvalue weighted by Crippen LogP contribution is 2.37. The number of methoxy groups -OCH3 is 1. The van der Waals surface area contributed by atoms with Crippen LogP contribution in [-0.4, -0.2) is 31.8 Å². The summed E-state index contributed by atoms with van der Waals surface area (Å²) in [4.78, 5) is 4.42. The van der Waals surface area contributed by atoms with Crippen LogP contribution in [0.15, 0.2) is 29.3 Å². The number of hydrogen-bond acceptors (Lipinski definition) is 3. The van der Waals surface area contributed by atoms with Gasteiger partial charge in [-0.2, -0.15) is 0 Å². The summed E-state index contributed by atoms with van der Waals surface area (Å²) in [5, 5.41) is 3.33. The predicted octanol–water partition coefficient (Wildman–Crippen LogP) is 1.67. The lowest BCUT2D eigenvalue weighted by Crippen LogP contribution is -2.59. The normalized spacial score (nSPS) is 28.4. The number of rotatable bonds is 4. The second kappa shape index (κ2) is 6.35. The van der Waals surface area contributed by atoms with E-state index in [1.54, 1.807) is 7.11 Å². The molecule has 0 aromatic heterocycles. The third-order valence-corrected chi connectivity index (χ3v) is 4.44. The van der Waals surface area contributed by atoms with Gasteiger partial charge in [0.2, 0.25) is 0 Å². The van der Waals surface area contributed by atoms with E-state index in [1.807, 2.05) is 24.3 Å². The maximum atomic E-state index is 6.00. The molecule has 1 aliphatic heterocycles. The van der Waals surface area contributed by atoms with E-state index in [2.05, 4.69) is 10.3 Å². The molecule has 2 fully saturated rings. The van der Waals surface area contributed by atoms with Crippen molar-refractivity contribution in [1.82, 2.24) is 5.32 Å². The van der Waals surface area contributed by atoms with Crippen molar-refractivity contribution in [3.63, 3.8) is 0 Å². The number of para-hydroxylation sites is 1. The fourth-order valence-electron chi connectivity index (χ4n) is 3.20. The smallest absolute Gasteiger partial charge is 0.189 e. The van der Waals surface area contributed by atoms with Crippen molar-refractivity contribution >= 4 is 5.96 Å². The van der Waals surface area contributed by atoms with Gasteiger partial charge in [-0.15, -0.1) is 0 Å². The third kappa shape index (κ3) is 3.13. The number of nitrogens with two attached hydrogens (primary N) is 1. The second-order valence-corrected chi connectivity index (χ2v) is 5.72. The van der Waals surface area contributed by atoms with Crippen molar-refractivity contribution in [3.05, 3.63) is 29.8 Å². The average Bonchev–Trinajstić information content (AvgIpc) is 2.51. The first kappa shape index (κ1) is 14.2. The Morgan fingerprint density at radius 1 is 1.48 bits per heavy atom. The van der Waals surface area contributed by atoms with Crippen molar-refractivity contribution in [2.75, 3.05) is 13.7 Å². The van der Waals surface area contributed by atoms with Gasteiger partial charge in [0, 0.05) is 24.1 Å². The SMILES string of the molecule is COc1ccccc1CN=C(N)NC1CC2OCCCC12. The first-order valence-corrected chi connectivity index (χ1v) is 7.58. The van der Waals surface area contributed by atoms with Crippen molar-refractivity contribution in [2.24, 2.45) is 16.6 Å². The molecule has 1 saturated heterocycles. The Kier molecular flexibility index (Phi) is 4.29. The summed E-state index contributed by atoms with van der Waals surface area (Å²) >= 11 is 0. The summed E-state index contributed by atoms with van der Waals surface area (Å²) in [6.07, 6.45) is 3.84. The van der Waals surface area contributed by atoms with Crippen LogP contribution in [0.25, 0.3) is 0 Å². The minimum Gasteiger partial charge on any atom is -0.496 e. The molecule has 0 spiro atoms. The fourth-order valence-corrected chi connectivity index (χ4v) is 3.20. The molecular weight excluding hydrogens is 266 g/mol. The van der Waals surface area contributed by atoms with Crippen LogP contribution in [0.4, 0.5) is 0 Å². The molecule has 1 heterocycles. The zero-order chi connectivity index (χ0) is 14.7. The Labute approximate surface area is 125 Å². The number of fused-ring (bicyclic) bond motifs is 1. The van der Waals surface area contributed by atoms with Crippen LogP contribution in [0.3, 0.4) is 0 Å². The summed E-state index contributed by atoms with van der Waals surface area (Å²) in [5.41, 5.74) is 7.04. The van der Waals surface area contributed by atoms with Gasteiger partial charge >= 0.3 is 0 Å². The van der Waals surface area contributed by atoms with Crippen molar-refractivity contribution in [2.45, 2.75) is 38.0 Å². The molecule has 3 atom stereocenters. The first-order valence-electron chi connectivity index (χ1n) is 7.58. The fraction of sp³-hybridized carbons (Fsp3) is 0.562. The maximum Gasteiger partial charge on any atom is 0.189 e. The largest absolute Gasteiger partial charge is 0.496 e. The van der Waals surface area contributed by atoms with Gasteiger partial charge in [0.05, 0.1) is 19.8 Å². The zero-order valence-electron chi connectivity index (χ0n) is 12.4. The van der Waals surface area contributed by atoms with Crippen LogP contribution < -0.4 is 15.8 Å². The van der Waals surface area contributed by atoms with Crippen molar-refractivity contribution < 1.29 is 9.47 Å². The van der Waals surface area contributed by atoms with Crippen molar-refractivity contribution in [1.29, 1.82) is 0 Å².